The van der Waals surface area contributed by atoms with Crippen LogP contribution >= 0.6 is 0 Å². The van der Waals surface area contributed by atoms with E-state index in [2.05, 4.69) is 17.3 Å². The molecule has 2 N–H and O–H groups in total. The SMILES string of the molecule is CN(CC(=O)Nc1ccc(O)cc1)CC12CC3CC(CC(C3)C1)C2. The van der Waals surface area contributed by atoms with Crippen molar-refractivity contribution in [2.45, 2.75) is 38.5 Å². The molecule has 4 nitrogen and oxygen atoms in total. The molecule has 130 valence electrons. The monoisotopic (exact) mass is 328 g/mol. The molecule has 4 heteroatoms. The van der Waals surface area contributed by atoms with Gasteiger partial charge in [0, 0.05) is 12.2 Å². The number of amides is 1. The highest BCUT2D eigenvalue weighted by Gasteiger charge is 2.51. The van der Waals surface area contributed by atoms with Crippen molar-refractivity contribution in [3.63, 3.8) is 0 Å². The van der Waals surface area contributed by atoms with Gasteiger partial charge in [0.25, 0.3) is 0 Å². The fraction of sp³-hybridized carbons (Fsp3) is 0.650. The molecule has 4 aliphatic carbocycles. The molecule has 5 rings (SSSR count). The minimum atomic E-state index is 0.0212. The Morgan fingerprint density at radius 2 is 1.67 bits per heavy atom. The summed E-state index contributed by atoms with van der Waals surface area (Å²) < 4.78 is 0. The maximum atomic E-state index is 12.3. The maximum absolute atomic E-state index is 12.3. The maximum Gasteiger partial charge on any atom is 0.238 e. The number of phenolic OH excluding ortho intramolecular Hbond substituents is 1. The van der Waals surface area contributed by atoms with Gasteiger partial charge in [-0.1, -0.05) is 0 Å². The van der Waals surface area contributed by atoms with Gasteiger partial charge in [0.05, 0.1) is 6.54 Å². The Balaban J connectivity index is 1.32. The number of rotatable bonds is 5. The van der Waals surface area contributed by atoms with Gasteiger partial charge in [-0.15, -0.1) is 0 Å². The van der Waals surface area contributed by atoms with Crippen molar-refractivity contribution in [3.05, 3.63) is 24.3 Å². The zero-order valence-electron chi connectivity index (χ0n) is 14.5. The van der Waals surface area contributed by atoms with Crippen molar-refractivity contribution >= 4 is 11.6 Å². The fourth-order valence-electron chi connectivity index (χ4n) is 6.10. The van der Waals surface area contributed by atoms with Crippen molar-refractivity contribution in [2.24, 2.45) is 23.2 Å². The first kappa shape index (κ1) is 15.9. The Labute approximate surface area is 144 Å². The quantitative estimate of drug-likeness (QED) is 0.814. The Hall–Kier alpha value is -1.55. The molecule has 0 heterocycles. The first-order chi connectivity index (χ1) is 11.5. The van der Waals surface area contributed by atoms with Crippen LogP contribution < -0.4 is 5.32 Å². The number of anilines is 1. The van der Waals surface area contributed by atoms with Crippen LogP contribution in [0.2, 0.25) is 0 Å². The summed E-state index contributed by atoms with van der Waals surface area (Å²) in [6, 6.07) is 6.64. The third-order valence-electron chi connectivity index (χ3n) is 6.33. The van der Waals surface area contributed by atoms with E-state index in [9.17, 15) is 9.90 Å². The van der Waals surface area contributed by atoms with Crippen molar-refractivity contribution in [1.82, 2.24) is 4.90 Å². The van der Waals surface area contributed by atoms with E-state index in [1.54, 1.807) is 24.3 Å². The topological polar surface area (TPSA) is 52.6 Å². The van der Waals surface area contributed by atoms with Crippen molar-refractivity contribution in [1.29, 1.82) is 0 Å². The predicted molar refractivity (Wildman–Crippen MR) is 94.8 cm³/mol. The normalized spacial score (nSPS) is 33.8. The summed E-state index contributed by atoms with van der Waals surface area (Å²) in [4.78, 5) is 14.5. The summed E-state index contributed by atoms with van der Waals surface area (Å²) in [6.45, 7) is 1.49. The van der Waals surface area contributed by atoms with E-state index in [-0.39, 0.29) is 11.7 Å². The molecular formula is C20H28N2O2. The lowest BCUT2D eigenvalue weighted by atomic mass is 9.49. The molecule has 4 saturated carbocycles. The number of carbonyl (C=O) groups is 1. The van der Waals surface area contributed by atoms with Gasteiger partial charge in [-0.2, -0.15) is 0 Å². The zero-order valence-corrected chi connectivity index (χ0v) is 14.5. The highest BCUT2D eigenvalue weighted by atomic mass is 16.3. The molecule has 1 aromatic carbocycles. The van der Waals surface area contributed by atoms with Gasteiger partial charge in [-0.25, -0.2) is 0 Å². The molecule has 4 bridgehead atoms. The lowest BCUT2D eigenvalue weighted by molar-refractivity contribution is -0.118. The summed E-state index contributed by atoms with van der Waals surface area (Å²) in [6.07, 6.45) is 8.52. The van der Waals surface area contributed by atoms with Crippen LogP contribution in [0.1, 0.15) is 38.5 Å². The highest BCUT2D eigenvalue weighted by Crippen LogP contribution is 2.60. The minimum Gasteiger partial charge on any atom is -0.508 e. The van der Waals surface area contributed by atoms with Crippen LogP contribution in [0.15, 0.2) is 24.3 Å². The molecule has 0 saturated heterocycles. The second-order valence-corrected chi connectivity index (χ2v) is 8.68. The third kappa shape index (κ3) is 3.30. The molecule has 1 amide bonds. The van der Waals surface area contributed by atoms with Gasteiger partial charge in [-0.05, 0) is 93.0 Å². The first-order valence-corrected chi connectivity index (χ1v) is 9.27. The van der Waals surface area contributed by atoms with Crippen LogP contribution in [0.3, 0.4) is 0 Å². The number of hydrogen-bond donors (Lipinski definition) is 2. The van der Waals surface area contributed by atoms with Crippen LogP contribution in [0.5, 0.6) is 5.75 Å². The second-order valence-electron chi connectivity index (χ2n) is 8.68. The molecule has 0 aromatic heterocycles. The number of likely N-dealkylation sites (N-methyl/N-ethyl adjacent to an activating group) is 1. The minimum absolute atomic E-state index is 0.0212. The molecule has 0 radical (unpaired) electrons. The van der Waals surface area contributed by atoms with Gasteiger partial charge < -0.3 is 10.4 Å². The number of carbonyl (C=O) groups excluding carboxylic acids is 1. The lowest BCUT2D eigenvalue weighted by Crippen LogP contribution is -2.51. The molecule has 0 atom stereocenters. The average Bonchev–Trinajstić information content (AvgIpc) is 2.47. The summed E-state index contributed by atoms with van der Waals surface area (Å²) in [7, 11) is 2.08. The van der Waals surface area contributed by atoms with E-state index >= 15 is 0 Å². The van der Waals surface area contributed by atoms with Gasteiger partial charge in [-0.3, -0.25) is 9.69 Å². The predicted octanol–water partition coefficient (Wildman–Crippen LogP) is 3.48. The number of benzene rings is 1. The van der Waals surface area contributed by atoms with Crippen LogP contribution in [-0.2, 0) is 4.79 Å². The summed E-state index contributed by atoms with van der Waals surface area (Å²) >= 11 is 0. The van der Waals surface area contributed by atoms with Gasteiger partial charge in [0.1, 0.15) is 5.75 Å². The molecule has 0 aliphatic heterocycles. The smallest absolute Gasteiger partial charge is 0.238 e. The molecule has 0 spiro atoms. The van der Waals surface area contributed by atoms with Gasteiger partial charge in [0.2, 0.25) is 5.91 Å². The molecule has 0 unspecified atom stereocenters. The zero-order chi connectivity index (χ0) is 16.7. The molecule has 4 aliphatic rings. The van der Waals surface area contributed by atoms with Gasteiger partial charge >= 0.3 is 0 Å². The number of hydrogen-bond acceptors (Lipinski definition) is 3. The lowest BCUT2D eigenvalue weighted by Gasteiger charge is -2.57. The molecule has 24 heavy (non-hydrogen) atoms. The Kier molecular flexibility index (Phi) is 4.03. The van der Waals surface area contributed by atoms with Crippen LogP contribution in [0, 0.1) is 23.2 Å². The van der Waals surface area contributed by atoms with Crippen molar-refractivity contribution in [3.8, 4) is 5.75 Å². The van der Waals surface area contributed by atoms with Crippen LogP contribution in [0.4, 0.5) is 5.69 Å². The van der Waals surface area contributed by atoms with Crippen molar-refractivity contribution < 1.29 is 9.90 Å². The Morgan fingerprint density at radius 3 is 2.21 bits per heavy atom. The van der Waals surface area contributed by atoms with E-state index in [0.29, 0.717) is 12.0 Å². The number of nitrogens with zero attached hydrogens (tertiary/aromatic N) is 1. The number of aromatic hydroxyl groups is 1. The standard InChI is InChI=1S/C20H28N2O2/c1-22(12-19(24)21-17-2-4-18(23)5-3-17)13-20-9-14-6-15(10-20)8-16(7-14)11-20/h2-5,14-16,23H,6-13H2,1H3,(H,21,24). The van der Waals surface area contributed by atoms with E-state index in [4.69, 9.17) is 0 Å². The number of nitrogens with one attached hydrogen (secondary N) is 1. The van der Waals surface area contributed by atoms with Crippen molar-refractivity contribution in [2.75, 3.05) is 25.5 Å². The Morgan fingerprint density at radius 1 is 1.12 bits per heavy atom. The van der Waals surface area contributed by atoms with E-state index < -0.39 is 0 Å². The van der Waals surface area contributed by atoms with Crippen LogP contribution in [0.25, 0.3) is 0 Å². The molecule has 4 fully saturated rings. The third-order valence-corrected chi connectivity index (χ3v) is 6.33. The summed E-state index contributed by atoms with van der Waals surface area (Å²) in [5.74, 6) is 3.10. The van der Waals surface area contributed by atoms with Crippen LogP contribution in [-0.4, -0.2) is 36.1 Å². The molecular weight excluding hydrogens is 300 g/mol. The summed E-state index contributed by atoms with van der Waals surface area (Å²) in [5.41, 5.74) is 1.21. The van der Waals surface area contributed by atoms with E-state index in [1.807, 2.05) is 0 Å². The van der Waals surface area contributed by atoms with E-state index in [0.717, 1.165) is 30.0 Å². The first-order valence-electron chi connectivity index (χ1n) is 9.27. The van der Waals surface area contributed by atoms with E-state index in [1.165, 1.54) is 38.5 Å². The highest BCUT2D eigenvalue weighted by molar-refractivity contribution is 5.92. The Bertz CT molecular complexity index is 575. The van der Waals surface area contributed by atoms with Gasteiger partial charge in [0.15, 0.2) is 0 Å². The fourth-order valence-corrected chi connectivity index (χ4v) is 6.10. The average molecular weight is 328 g/mol. The summed E-state index contributed by atoms with van der Waals surface area (Å²) in [5, 5.41) is 12.2. The second kappa shape index (κ2) is 6.07. The largest absolute Gasteiger partial charge is 0.508 e. The molecule has 1 aromatic rings. The number of phenols is 1.